The Morgan fingerprint density at radius 3 is 2.96 bits per heavy atom. The molecule has 1 aromatic carbocycles. The quantitative estimate of drug-likeness (QED) is 0.702. The summed E-state index contributed by atoms with van der Waals surface area (Å²) in [6.07, 6.45) is 1.18. The number of aryl methyl sites for hydroxylation is 1. The first-order chi connectivity index (χ1) is 11.5. The maximum absolute atomic E-state index is 12.3. The molecule has 7 heteroatoms. The van der Waals surface area contributed by atoms with Gasteiger partial charge in [0, 0.05) is 16.6 Å². The third-order valence-electron chi connectivity index (χ3n) is 3.42. The Hall–Kier alpha value is -2.31. The first-order valence-corrected chi connectivity index (χ1v) is 8.61. The highest BCUT2D eigenvalue weighted by Crippen LogP contribution is 2.24. The molecule has 3 rings (SSSR count). The van der Waals surface area contributed by atoms with Gasteiger partial charge < -0.3 is 9.72 Å². The molecule has 2 aromatic heterocycles. The van der Waals surface area contributed by atoms with Crippen molar-refractivity contribution in [1.29, 1.82) is 0 Å². The Bertz CT molecular complexity index is 845. The van der Waals surface area contributed by atoms with Crippen molar-refractivity contribution in [2.45, 2.75) is 20.0 Å². The topological polar surface area (TPSA) is 67.0 Å². The standard InChI is InChI=1S/C17H16ClN3O2S/c1-10-8-12(5-6-13(10)18)23-11(2)16(22)21-17-20-15(9-24-17)14-4-3-7-19-14/h3-9,11,19H,1-2H3,(H,20,21,22). The van der Waals surface area contributed by atoms with Crippen LogP contribution in [0.3, 0.4) is 0 Å². The van der Waals surface area contributed by atoms with Crippen LogP contribution < -0.4 is 10.1 Å². The van der Waals surface area contributed by atoms with Gasteiger partial charge >= 0.3 is 0 Å². The average molecular weight is 362 g/mol. The Morgan fingerprint density at radius 2 is 2.25 bits per heavy atom. The predicted octanol–water partition coefficient (Wildman–Crippen LogP) is 4.51. The number of anilines is 1. The molecule has 0 bridgehead atoms. The highest BCUT2D eigenvalue weighted by Gasteiger charge is 2.17. The van der Waals surface area contributed by atoms with Crippen molar-refractivity contribution in [3.05, 3.63) is 52.5 Å². The Morgan fingerprint density at radius 1 is 1.42 bits per heavy atom. The molecule has 0 spiro atoms. The molecule has 0 aliphatic heterocycles. The molecule has 3 aromatic rings. The van der Waals surface area contributed by atoms with E-state index >= 15 is 0 Å². The van der Waals surface area contributed by atoms with Gasteiger partial charge in [-0.2, -0.15) is 0 Å². The van der Waals surface area contributed by atoms with Crippen molar-refractivity contribution < 1.29 is 9.53 Å². The number of aromatic nitrogens is 2. The highest BCUT2D eigenvalue weighted by molar-refractivity contribution is 7.14. The summed E-state index contributed by atoms with van der Waals surface area (Å²) in [5, 5.41) is 5.86. The minimum atomic E-state index is -0.650. The van der Waals surface area contributed by atoms with Gasteiger partial charge in [-0.05, 0) is 49.7 Å². The van der Waals surface area contributed by atoms with Gasteiger partial charge in [0.15, 0.2) is 11.2 Å². The van der Waals surface area contributed by atoms with Gasteiger partial charge in [0.2, 0.25) is 0 Å². The molecule has 24 heavy (non-hydrogen) atoms. The smallest absolute Gasteiger partial charge is 0.266 e. The zero-order valence-corrected chi connectivity index (χ0v) is 14.7. The summed E-state index contributed by atoms with van der Waals surface area (Å²) in [5.74, 6) is 0.348. The van der Waals surface area contributed by atoms with E-state index in [-0.39, 0.29) is 5.91 Å². The molecule has 0 radical (unpaired) electrons. The van der Waals surface area contributed by atoms with E-state index in [0.717, 1.165) is 17.0 Å². The lowest BCUT2D eigenvalue weighted by Gasteiger charge is -2.14. The molecule has 1 atom stereocenters. The van der Waals surface area contributed by atoms with Crippen LogP contribution >= 0.6 is 22.9 Å². The number of thiazole rings is 1. The van der Waals surface area contributed by atoms with Crippen LogP contribution in [-0.4, -0.2) is 22.0 Å². The molecule has 0 saturated heterocycles. The van der Waals surface area contributed by atoms with E-state index in [9.17, 15) is 4.79 Å². The Labute approximate surface area is 148 Å². The normalized spacial score (nSPS) is 12.0. The van der Waals surface area contributed by atoms with Crippen LogP contribution in [0.2, 0.25) is 5.02 Å². The largest absolute Gasteiger partial charge is 0.481 e. The summed E-state index contributed by atoms with van der Waals surface area (Å²) in [7, 11) is 0. The number of benzene rings is 1. The fourth-order valence-corrected chi connectivity index (χ4v) is 2.93. The maximum Gasteiger partial charge on any atom is 0.266 e. The van der Waals surface area contributed by atoms with Crippen LogP contribution in [0, 0.1) is 6.92 Å². The number of halogens is 1. The van der Waals surface area contributed by atoms with Gasteiger partial charge in [-0.25, -0.2) is 4.98 Å². The minimum Gasteiger partial charge on any atom is -0.481 e. The predicted molar refractivity (Wildman–Crippen MR) is 96.8 cm³/mol. The van der Waals surface area contributed by atoms with E-state index in [1.54, 1.807) is 25.1 Å². The van der Waals surface area contributed by atoms with Gasteiger partial charge in [-0.1, -0.05) is 11.6 Å². The number of nitrogens with zero attached hydrogens (tertiary/aromatic N) is 1. The van der Waals surface area contributed by atoms with Crippen molar-refractivity contribution in [1.82, 2.24) is 9.97 Å². The van der Waals surface area contributed by atoms with Crippen molar-refractivity contribution in [3.63, 3.8) is 0 Å². The lowest BCUT2D eigenvalue weighted by atomic mass is 10.2. The zero-order chi connectivity index (χ0) is 17.1. The molecular weight excluding hydrogens is 346 g/mol. The summed E-state index contributed by atoms with van der Waals surface area (Å²) in [6, 6.07) is 9.12. The van der Waals surface area contributed by atoms with E-state index in [1.807, 2.05) is 30.6 Å². The molecular formula is C17H16ClN3O2S. The second kappa shape index (κ2) is 7.07. The Balaban J connectivity index is 1.63. The lowest BCUT2D eigenvalue weighted by molar-refractivity contribution is -0.122. The van der Waals surface area contributed by atoms with Crippen molar-refractivity contribution in [3.8, 4) is 17.1 Å². The van der Waals surface area contributed by atoms with E-state index in [4.69, 9.17) is 16.3 Å². The number of hydrogen-bond acceptors (Lipinski definition) is 4. The third-order valence-corrected chi connectivity index (χ3v) is 4.60. The van der Waals surface area contributed by atoms with E-state index in [2.05, 4.69) is 15.3 Å². The van der Waals surface area contributed by atoms with Crippen LogP contribution in [0.1, 0.15) is 12.5 Å². The van der Waals surface area contributed by atoms with Crippen molar-refractivity contribution in [2.75, 3.05) is 5.32 Å². The minimum absolute atomic E-state index is 0.255. The SMILES string of the molecule is Cc1cc(OC(C)C(=O)Nc2nc(-c3ccc[nH]3)cs2)ccc1Cl. The van der Waals surface area contributed by atoms with Gasteiger partial charge in [0.1, 0.15) is 5.75 Å². The second-order valence-corrected chi connectivity index (χ2v) is 6.55. The average Bonchev–Trinajstić information content (AvgIpc) is 3.21. The molecule has 0 fully saturated rings. The van der Waals surface area contributed by atoms with Crippen LogP contribution in [-0.2, 0) is 4.79 Å². The second-order valence-electron chi connectivity index (χ2n) is 5.28. The number of carbonyl (C=O) groups excluding carboxylic acids is 1. The van der Waals surface area contributed by atoms with E-state index < -0.39 is 6.10 Å². The van der Waals surface area contributed by atoms with Crippen molar-refractivity contribution >= 4 is 34.0 Å². The summed E-state index contributed by atoms with van der Waals surface area (Å²) >= 11 is 7.36. The Kier molecular flexibility index (Phi) is 4.87. The fraction of sp³-hybridized carbons (Fsp3) is 0.176. The number of amides is 1. The van der Waals surface area contributed by atoms with Crippen LogP contribution in [0.5, 0.6) is 5.75 Å². The number of ether oxygens (including phenoxy) is 1. The summed E-state index contributed by atoms with van der Waals surface area (Å²) < 4.78 is 5.66. The third kappa shape index (κ3) is 3.77. The molecule has 0 aliphatic rings. The first kappa shape index (κ1) is 16.5. The summed E-state index contributed by atoms with van der Waals surface area (Å²) in [4.78, 5) is 19.7. The fourth-order valence-electron chi connectivity index (χ4n) is 2.10. The monoisotopic (exact) mass is 361 g/mol. The van der Waals surface area contributed by atoms with Gasteiger partial charge in [-0.3, -0.25) is 10.1 Å². The summed E-state index contributed by atoms with van der Waals surface area (Å²) in [6.45, 7) is 3.58. The molecule has 2 N–H and O–H groups in total. The van der Waals surface area contributed by atoms with E-state index in [1.165, 1.54) is 11.3 Å². The molecule has 124 valence electrons. The van der Waals surface area contributed by atoms with Crippen molar-refractivity contribution in [2.24, 2.45) is 0 Å². The first-order valence-electron chi connectivity index (χ1n) is 7.36. The number of rotatable bonds is 5. The van der Waals surface area contributed by atoms with Crippen LogP contribution in [0.4, 0.5) is 5.13 Å². The number of H-pyrrole nitrogens is 1. The van der Waals surface area contributed by atoms with Crippen LogP contribution in [0.15, 0.2) is 41.9 Å². The van der Waals surface area contributed by atoms with Crippen LogP contribution in [0.25, 0.3) is 11.4 Å². The molecule has 2 heterocycles. The molecule has 0 saturated carbocycles. The molecule has 1 unspecified atom stereocenters. The lowest BCUT2D eigenvalue weighted by Crippen LogP contribution is -2.30. The maximum atomic E-state index is 12.3. The van der Waals surface area contributed by atoms with Gasteiger partial charge in [0.05, 0.1) is 11.4 Å². The number of nitrogens with one attached hydrogen (secondary N) is 2. The number of aromatic amines is 1. The molecule has 1 amide bonds. The number of hydrogen-bond donors (Lipinski definition) is 2. The molecule has 0 aliphatic carbocycles. The summed E-state index contributed by atoms with van der Waals surface area (Å²) in [5.41, 5.74) is 2.60. The zero-order valence-electron chi connectivity index (χ0n) is 13.2. The highest BCUT2D eigenvalue weighted by atomic mass is 35.5. The van der Waals surface area contributed by atoms with E-state index in [0.29, 0.717) is 15.9 Å². The molecule has 5 nitrogen and oxygen atoms in total. The van der Waals surface area contributed by atoms with Gasteiger partial charge in [0.25, 0.3) is 5.91 Å². The van der Waals surface area contributed by atoms with Gasteiger partial charge in [-0.15, -0.1) is 11.3 Å². The number of carbonyl (C=O) groups is 1.